The monoisotopic (exact) mass is 177 g/mol. The Morgan fingerprint density at radius 1 is 1.54 bits per heavy atom. The van der Waals surface area contributed by atoms with Crippen molar-refractivity contribution < 1.29 is 4.42 Å². The highest BCUT2D eigenvalue weighted by molar-refractivity contribution is 5.78. The van der Waals surface area contributed by atoms with Crippen LogP contribution in [-0.2, 0) is 0 Å². The number of rotatable bonds is 2. The molecule has 0 fully saturated rings. The summed E-state index contributed by atoms with van der Waals surface area (Å²) in [5, 5.41) is 3.00. The number of benzene rings is 1. The highest BCUT2D eigenvalue weighted by Crippen LogP contribution is 2.20. The molecule has 1 aromatic heterocycles. The number of hydrogen-bond acceptors (Lipinski definition) is 4. The lowest BCUT2D eigenvalue weighted by atomic mass is 10.3. The van der Waals surface area contributed by atoms with Crippen molar-refractivity contribution in [2.75, 3.05) is 17.6 Å². The minimum atomic E-state index is 0.545. The van der Waals surface area contributed by atoms with E-state index in [1.165, 1.54) is 0 Å². The Morgan fingerprint density at radius 2 is 2.38 bits per heavy atom. The molecule has 0 unspecified atom stereocenters. The predicted octanol–water partition coefficient (Wildman–Crippen LogP) is 1.84. The fourth-order valence-electron chi connectivity index (χ4n) is 1.17. The maximum Gasteiger partial charge on any atom is 0.295 e. The molecule has 0 spiro atoms. The van der Waals surface area contributed by atoms with E-state index in [0.29, 0.717) is 11.7 Å². The number of nitrogens with two attached hydrogens (primary N) is 1. The summed E-state index contributed by atoms with van der Waals surface area (Å²) in [5.74, 6) is 0. The molecule has 1 heterocycles. The van der Waals surface area contributed by atoms with Crippen LogP contribution in [0.2, 0.25) is 0 Å². The minimum Gasteiger partial charge on any atom is -0.424 e. The Morgan fingerprint density at radius 3 is 3.15 bits per heavy atom. The Labute approximate surface area is 75.7 Å². The summed E-state index contributed by atoms with van der Waals surface area (Å²) in [7, 11) is 0. The second kappa shape index (κ2) is 2.97. The molecule has 13 heavy (non-hydrogen) atoms. The van der Waals surface area contributed by atoms with Crippen molar-refractivity contribution in [2.24, 2.45) is 0 Å². The van der Waals surface area contributed by atoms with Crippen LogP contribution in [0.15, 0.2) is 22.6 Å². The quantitative estimate of drug-likeness (QED) is 0.687. The Bertz CT molecular complexity index is 422. The number of anilines is 2. The summed E-state index contributed by atoms with van der Waals surface area (Å²) < 4.78 is 5.39. The van der Waals surface area contributed by atoms with Crippen molar-refractivity contribution in [2.45, 2.75) is 6.92 Å². The molecular formula is C9H11N3O. The van der Waals surface area contributed by atoms with Gasteiger partial charge >= 0.3 is 0 Å². The van der Waals surface area contributed by atoms with Crippen LogP contribution in [0, 0.1) is 0 Å². The Balaban J connectivity index is 2.49. The van der Waals surface area contributed by atoms with Crippen molar-refractivity contribution in [3.05, 3.63) is 18.2 Å². The summed E-state index contributed by atoms with van der Waals surface area (Å²) in [6.07, 6.45) is 0. The molecule has 4 nitrogen and oxygen atoms in total. The Kier molecular flexibility index (Phi) is 1.81. The summed E-state index contributed by atoms with van der Waals surface area (Å²) >= 11 is 0. The average molecular weight is 177 g/mol. The number of aromatic nitrogens is 1. The van der Waals surface area contributed by atoms with Crippen LogP contribution in [-0.4, -0.2) is 11.5 Å². The average Bonchev–Trinajstić information content (AvgIpc) is 2.46. The van der Waals surface area contributed by atoms with Crippen LogP contribution in [0.5, 0.6) is 0 Å². The molecule has 0 amide bonds. The van der Waals surface area contributed by atoms with Gasteiger partial charge in [0.25, 0.3) is 6.01 Å². The molecule has 0 aliphatic rings. The molecule has 0 aliphatic heterocycles. The zero-order valence-corrected chi connectivity index (χ0v) is 7.37. The van der Waals surface area contributed by atoms with E-state index in [4.69, 9.17) is 10.2 Å². The molecule has 0 aliphatic carbocycles. The second-order valence-electron chi connectivity index (χ2n) is 2.78. The van der Waals surface area contributed by atoms with Crippen LogP contribution in [0.3, 0.4) is 0 Å². The molecule has 3 N–H and O–H groups in total. The number of nitrogens with zero attached hydrogens (tertiary/aromatic N) is 1. The predicted molar refractivity (Wildman–Crippen MR) is 52.6 cm³/mol. The van der Waals surface area contributed by atoms with Gasteiger partial charge in [0, 0.05) is 12.2 Å². The van der Waals surface area contributed by atoms with E-state index < -0.39 is 0 Å². The van der Waals surface area contributed by atoms with Gasteiger partial charge in [0.2, 0.25) is 0 Å². The Hall–Kier alpha value is -1.71. The maximum absolute atomic E-state index is 5.61. The topological polar surface area (TPSA) is 64.1 Å². The smallest absolute Gasteiger partial charge is 0.295 e. The van der Waals surface area contributed by atoms with Gasteiger partial charge in [0.1, 0.15) is 5.52 Å². The fraction of sp³-hybridized carbons (Fsp3) is 0.222. The lowest BCUT2D eigenvalue weighted by Crippen LogP contribution is -1.95. The van der Waals surface area contributed by atoms with Crippen molar-refractivity contribution >= 4 is 22.8 Å². The molecule has 0 saturated heterocycles. The van der Waals surface area contributed by atoms with E-state index in [1.54, 1.807) is 12.1 Å². The third-order valence-electron chi connectivity index (χ3n) is 1.74. The largest absolute Gasteiger partial charge is 0.424 e. The van der Waals surface area contributed by atoms with E-state index in [9.17, 15) is 0 Å². The van der Waals surface area contributed by atoms with E-state index in [0.717, 1.165) is 17.6 Å². The van der Waals surface area contributed by atoms with Gasteiger partial charge in [0.15, 0.2) is 5.58 Å². The van der Waals surface area contributed by atoms with E-state index in [-0.39, 0.29) is 0 Å². The van der Waals surface area contributed by atoms with Crippen LogP contribution in [0.4, 0.5) is 11.7 Å². The van der Waals surface area contributed by atoms with Gasteiger partial charge in [-0.25, -0.2) is 0 Å². The zero-order chi connectivity index (χ0) is 9.26. The normalized spacial score (nSPS) is 10.5. The fourth-order valence-corrected chi connectivity index (χ4v) is 1.17. The molecule has 2 aromatic rings. The third-order valence-corrected chi connectivity index (χ3v) is 1.74. The van der Waals surface area contributed by atoms with Crippen LogP contribution < -0.4 is 11.1 Å². The van der Waals surface area contributed by atoms with Gasteiger partial charge in [0.05, 0.1) is 0 Å². The minimum absolute atomic E-state index is 0.545. The first kappa shape index (κ1) is 7.91. The highest BCUT2D eigenvalue weighted by atomic mass is 16.4. The molecule has 0 saturated carbocycles. The highest BCUT2D eigenvalue weighted by Gasteiger charge is 2.03. The first-order chi connectivity index (χ1) is 6.29. The molecule has 68 valence electrons. The van der Waals surface area contributed by atoms with Gasteiger partial charge in [-0.2, -0.15) is 4.98 Å². The molecule has 4 heteroatoms. The summed E-state index contributed by atoms with van der Waals surface area (Å²) in [6.45, 7) is 2.78. The SMILES string of the molecule is CCNc1nc2cc(N)ccc2o1. The van der Waals surface area contributed by atoms with Gasteiger partial charge in [-0.3, -0.25) is 0 Å². The molecule has 0 radical (unpaired) electrons. The van der Waals surface area contributed by atoms with Crippen molar-refractivity contribution in [3.63, 3.8) is 0 Å². The van der Waals surface area contributed by atoms with Gasteiger partial charge in [-0.05, 0) is 25.1 Å². The van der Waals surface area contributed by atoms with Crippen LogP contribution in [0.25, 0.3) is 11.1 Å². The van der Waals surface area contributed by atoms with E-state index >= 15 is 0 Å². The number of nitrogen functional groups attached to an aromatic ring is 1. The number of hydrogen-bond donors (Lipinski definition) is 2. The van der Waals surface area contributed by atoms with E-state index in [2.05, 4.69) is 10.3 Å². The lowest BCUT2D eigenvalue weighted by Gasteiger charge is -1.91. The maximum atomic E-state index is 5.61. The van der Waals surface area contributed by atoms with Gasteiger partial charge < -0.3 is 15.5 Å². The van der Waals surface area contributed by atoms with Crippen molar-refractivity contribution in [1.29, 1.82) is 0 Å². The molecule has 2 rings (SSSR count). The first-order valence-corrected chi connectivity index (χ1v) is 4.19. The molecule has 1 aromatic carbocycles. The number of oxazole rings is 1. The van der Waals surface area contributed by atoms with Crippen LogP contribution in [0.1, 0.15) is 6.92 Å². The van der Waals surface area contributed by atoms with Crippen LogP contribution >= 0.6 is 0 Å². The lowest BCUT2D eigenvalue weighted by molar-refractivity contribution is 0.616. The molecule has 0 bridgehead atoms. The number of fused-ring (bicyclic) bond motifs is 1. The molecular weight excluding hydrogens is 166 g/mol. The van der Waals surface area contributed by atoms with Gasteiger partial charge in [-0.1, -0.05) is 0 Å². The van der Waals surface area contributed by atoms with Gasteiger partial charge in [-0.15, -0.1) is 0 Å². The number of nitrogens with one attached hydrogen (secondary N) is 1. The standard InChI is InChI=1S/C9H11N3O/c1-2-11-9-12-7-5-6(10)3-4-8(7)13-9/h3-5H,2,10H2,1H3,(H,11,12). The third kappa shape index (κ3) is 1.42. The van der Waals surface area contributed by atoms with Crippen molar-refractivity contribution in [3.8, 4) is 0 Å². The summed E-state index contributed by atoms with van der Waals surface area (Å²) in [4.78, 5) is 4.21. The zero-order valence-electron chi connectivity index (χ0n) is 7.37. The molecule has 0 atom stereocenters. The van der Waals surface area contributed by atoms with Crippen molar-refractivity contribution in [1.82, 2.24) is 4.98 Å². The first-order valence-electron chi connectivity index (χ1n) is 4.19. The summed E-state index contributed by atoms with van der Waals surface area (Å²) in [6, 6.07) is 5.95. The van der Waals surface area contributed by atoms with E-state index in [1.807, 2.05) is 13.0 Å². The summed E-state index contributed by atoms with van der Waals surface area (Å²) in [5.41, 5.74) is 7.85. The second-order valence-corrected chi connectivity index (χ2v) is 2.78.